The van der Waals surface area contributed by atoms with Crippen molar-refractivity contribution in [2.75, 3.05) is 13.7 Å². The summed E-state index contributed by atoms with van der Waals surface area (Å²) in [6, 6.07) is 0. The second-order valence-electron chi connectivity index (χ2n) is 4.34. The van der Waals surface area contributed by atoms with Crippen molar-refractivity contribution in [3.63, 3.8) is 0 Å². The Morgan fingerprint density at radius 2 is 1.94 bits per heavy atom. The van der Waals surface area contributed by atoms with Crippen molar-refractivity contribution in [1.29, 1.82) is 0 Å². The van der Waals surface area contributed by atoms with Gasteiger partial charge in [0.1, 0.15) is 0 Å². The Bertz CT molecular complexity index is 419. The maximum atomic E-state index is 10.2. The average molecular weight is 258 g/mol. The first kappa shape index (κ1) is 14.1. The van der Waals surface area contributed by atoms with Crippen molar-refractivity contribution in [2.45, 2.75) is 33.1 Å². The normalized spacial score (nSPS) is 12.6. The van der Waals surface area contributed by atoms with Crippen LogP contribution in [0.5, 0.6) is 11.5 Å². The van der Waals surface area contributed by atoms with E-state index in [0.717, 1.165) is 23.1 Å². The first-order chi connectivity index (χ1) is 7.95. The van der Waals surface area contributed by atoms with Gasteiger partial charge >= 0.3 is 0 Å². The molecular weight excluding hydrogens is 238 g/mol. The van der Waals surface area contributed by atoms with Crippen LogP contribution in [0.4, 0.5) is 0 Å². The Kier molecular flexibility index (Phi) is 4.66. The highest BCUT2D eigenvalue weighted by Crippen LogP contribution is 2.44. The molecule has 1 atom stereocenters. The molecule has 1 unspecified atom stereocenters. The topological polar surface area (TPSA) is 55.5 Å². The Morgan fingerprint density at radius 1 is 1.35 bits per heavy atom. The molecule has 0 aliphatic heterocycles. The van der Waals surface area contributed by atoms with Crippen LogP contribution >= 0.6 is 11.6 Å². The number of aromatic hydroxyl groups is 1. The number of hydrogen-bond donors (Lipinski definition) is 2. The van der Waals surface area contributed by atoms with Crippen molar-refractivity contribution < 1.29 is 9.84 Å². The van der Waals surface area contributed by atoms with Crippen LogP contribution in [-0.2, 0) is 0 Å². The van der Waals surface area contributed by atoms with Gasteiger partial charge in [-0.2, -0.15) is 0 Å². The zero-order chi connectivity index (χ0) is 13.2. The smallest absolute Gasteiger partial charge is 0.165 e. The fraction of sp³-hybridized carbons (Fsp3) is 0.538. The first-order valence-electron chi connectivity index (χ1n) is 5.71. The largest absolute Gasteiger partial charge is 0.504 e. The fourth-order valence-electron chi connectivity index (χ4n) is 2.22. The van der Waals surface area contributed by atoms with Gasteiger partial charge in [-0.3, -0.25) is 0 Å². The molecular formula is C13H20ClNO2. The van der Waals surface area contributed by atoms with E-state index >= 15 is 0 Å². The Labute approximate surface area is 108 Å². The van der Waals surface area contributed by atoms with Gasteiger partial charge < -0.3 is 15.6 Å². The maximum Gasteiger partial charge on any atom is 0.165 e. The third kappa shape index (κ3) is 2.50. The molecule has 17 heavy (non-hydrogen) atoms. The molecule has 1 aromatic rings. The van der Waals surface area contributed by atoms with E-state index in [1.54, 1.807) is 0 Å². The Balaban J connectivity index is 3.44. The van der Waals surface area contributed by atoms with Gasteiger partial charge in [-0.05, 0) is 38.3 Å². The number of halogens is 1. The molecule has 0 spiro atoms. The second-order valence-corrected chi connectivity index (χ2v) is 4.72. The minimum atomic E-state index is 0.159. The van der Waals surface area contributed by atoms with E-state index in [1.807, 2.05) is 20.8 Å². The van der Waals surface area contributed by atoms with Gasteiger partial charge in [0.15, 0.2) is 11.5 Å². The summed E-state index contributed by atoms with van der Waals surface area (Å²) in [6.45, 7) is 6.36. The minimum Gasteiger partial charge on any atom is -0.504 e. The summed E-state index contributed by atoms with van der Waals surface area (Å²) >= 11 is 6.26. The Hall–Kier alpha value is -0.930. The van der Waals surface area contributed by atoms with Gasteiger partial charge in [-0.15, -0.1) is 0 Å². The first-order valence-corrected chi connectivity index (χ1v) is 6.09. The number of phenols is 1. The number of nitrogens with two attached hydrogens (primary N) is 1. The molecule has 0 fully saturated rings. The highest BCUT2D eigenvalue weighted by Gasteiger charge is 2.22. The monoisotopic (exact) mass is 257 g/mol. The van der Waals surface area contributed by atoms with E-state index in [0.29, 0.717) is 17.3 Å². The van der Waals surface area contributed by atoms with E-state index in [9.17, 15) is 5.11 Å². The van der Waals surface area contributed by atoms with E-state index in [1.165, 1.54) is 7.11 Å². The van der Waals surface area contributed by atoms with Crippen molar-refractivity contribution >= 4 is 11.6 Å². The number of methoxy groups -OCH3 is 1. The fourth-order valence-corrected chi connectivity index (χ4v) is 2.41. The predicted octanol–water partition coefficient (Wildman–Crippen LogP) is 3.12. The van der Waals surface area contributed by atoms with Crippen molar-refractivity contribution in [3.05, 3.63) is 21.7 Å². The highest BCUT2D eigenvalue weighted by molar-refractivity contribution is 6.32. The predicted molar refractivity (Wildman–Crippen MR) is 71.2 cm³/mol. The lowest BCUT2D eigenvalue weighted by Gasteiger charge is -2.21. The molecule has 0 aliphatic rings. The zero-order valence-electron chi connectivity index (χ0n) is 10.8. The SMILES string of the molecule is COc1c(C)c(Cl)c(C)c(C(C)CCN)c1O. The van der Waals surface area contributed by atoms with Crippen LogP contribution in [0.15, 0.2) is 0 Å². The van der Waals surface area contributed by atoms with Gasteiger partial charge in [-0.1, -0.05) is 18.5 Å². The number of rotatable bonds is 4. The van der Waals surface area contributed by atoms with Crippen molar-refractivity contribution in [2.24, 2.45) is 5.73 Å². The molecule has 3 N–H and O–H groups in total. The third-order valence-electron chi connectivity index (χ3n) is 3.17. The molecule has 0 radical (unpaired) electrons. The lowest BCUT2D eigenvalue weighted by Crippen LogP contribution is -2.07. The van der Waals surface area contributed by atoms with Crippen molar-refractivity contribution in [1.82, 2.24) is 0 Å². The summed E-state index contributed by atoms with van der Waals surface area (Å²) < 4.78 is 5.21. The number of hydrogen-bond acceptors (Lipinski definition) is 3. The number of phenolic OH excluding ortho intramolecular Hbond substituents is 1. The quantitative estimate of drug-likeness (QED) is 0.871. The van der Waals surface area contributed by atoms with E-state index in [4.69, 9.17) is 22.1 Å². The van der Waals surface area contributed by atoms with Crippen LogP contribution in [0.25, 0.3) is 0 Å². The van der Waals surface area contributed by atoms with E-state index < -0.39 is 0 Å². The van der Waals surface area contributed by atoms with Crippen LogP contribution in [0.2, 0.25) is 5.02 Å². The molecule has 0 aliphatic carbocycles. The van der Waals surface area contributed by atoms with Gasteiger partial charge in [0, 0.05) is 11.1 Å². The molecule has 96 valence electrons. The summed E-state index contributed by atoms with van der Waals surface area (Å²) in [7, 11) is 1.53. The molecule has 0 saturated carbocycles. The molecule has 0 saturated heterocycles. The van der Waals surface area contributed by atoms with Crippen LogP contribution in [0.1, 0.15) is 36.0 Å². The summed E-state index contributed by atoms with van der Waals surface area (Å²) in [6.07, 6.45) is 0.803. The maximum absolute atomic E-state index is 10.2. The highest BCUT2D eigenvalue weighted by atomic mass is 35.5. The van der Waals surface area contributed by atoms with Gasteiger partial charge in [0.2, 0.25) is 0 Å². The molecule has 0 aromatic heterocycles. The molecule has 3 nitrogen and oxygen atoms in total. The molecule has 1 rings (SSSR count). The minimum absolute atomic E-state index is 0.159. The summed E-state index contributed by atoms with van der Waals surface area (Å²) in [4.78, 5) is 0. The van der Waals surface area contributed by atoms with Gasteiger partial charge in [0.05, 0.1) is 12.1 Å². The third-order valence-corrected chi connectivity index (χ3v) is 3.74. The summed E-state index contributed by atoms with van der Waals surface area (Å²) in [5, 5.41) is 10.9. The van der Waals surface area contributed by atoms with Crippen LogP contribution in [-0.4, -0.2) is 18.8 Å². The van der Waals surface area contributed by atoms with Gasteiger partial charge in [0.25, 0.3) is 0 Å². The zero-order valence-corrected chi connectivity index (χ0v) is 11.6. The Morgan fingerprint density at radius 3 is 2.41 bits per heavy atom. The molecule has 1 aromatic carbocycles. The van der Waals surface area contributed by atoms with Gasteiger partial charge in [-0.25, -0.2) is 0 Å². The van der Waals surface area contributed by atoms with E-state index in [2.05, 4.69) is 0 Å². The van der Waals surface area contributed by atoms with Crippen molar-refractivity contribution in [3.8, 4) is 11.5 Å². The summed E-state index contributed by atoms with van der Waals surface area (Å²) in [5.74, 6) is 0.805. The lowest BCUT2D eigenvalue weighted by atomic mass is 9.91. The van der Waals surface area contributed by atoms with Crippen LogP contribution in [0, 0.1) is 13.8 Å². The van der Waals surface area contributed by atoms with E-state index in [-0.39, 0.29) is 11.7 Å². The molecule has 0 amide bonds. The molecule has 0 bridgehead atoms. The molecule has 0 heterocycles. The lowest BCUT2D eigenvalue weighted by molar-refractivity contribution is 0.365. The van der Waals surface area contributed by atoms with Crippen LogP contribution in [0.3, 0.4) is 0 Å². The van der Waals surface area contributed by atoms with Crippen LogP contribution < -0.4 is 10.5 Å². The molecule has 4 heteroatoms. The number of ether oxygens (including phenoxy) is 1. The summed E-state index contributed by atoms with van der Waals surface area (Å²) in [5.41, 5.74) is 8.07. The number of benzene rings is 1. The standard InChI is InChI=1S/C13H20ClNO2/c1-7(5-6-15)10-8(2)11(14)9(3)13(17-4)12(10)16/h7,16H,5-6,15H2,1-4H3. The average Bonchev–Trinajstić information content (AvgIpc) is 2.27. The second kappa shape index (κ2) is 5.61.